The van der Waals surface area contributed by atoms with Gasteiger partial charge in [0.1, 0.15) is 0 Å². The number of benzene rings is 1. The first-order chi connectivity index (χ1) is 11.2. The summed E-state index contributed by atoms with van der Waals surface area (Å²) in [6.45, 7) is 0.707. The van der Waals surface area contributed by atoms with Crippen molar-refractivity contribution in [2.75, 3.05) is 6.54 Å². The zero-order valence-corrected chi connectivity index (χ0v) is 13.8. The summed E-state index contributed by atoms with van der Waals surface area (Å²) < 4.78 is 0. The molecule has 2 saturated carbocycles. The zero-order valence-electron chi connectivity index (χ0n) is 13.8. The topological polar surface area (TPSA) is 61.4 Å². The van der Waals surface area contributed by atoms with Crippen LogP contribution in [0.3, 0.4) is 0 Å². The summed E-state index contributed by atoms with van der Waals surface area (Å²) in [6.07, 6.45) is 7.90. The maximum atomic E-state index is 12.2. The maximum Gasteiger partial charge on any atom is 0.315 e. The van der Waals surface area contributed by atoms with Crippen LogP contribution in [-0.4, -0.2) is 29.8 Å². The zero-order chi connectivity index (χ0) is 16.1. The van der Waals surface area contributed by atoms with Gasteiger partial charge in [0.2, 0.25) is 0 Å². The molecule has 0 bridgehead atoms. The van der Waals surface area contributed by atoms with E-state index in [1.165, 1.54) is 18.4 Å². The van der Waals surface area contributed by atoms with Crippen LogP contribution in [0.25, 0.3) is 0 Å². The van der Waals surface area contributed by atoms with E-state index in [-0.39, 0.29) is 23.6 Å². The van der Waals surface area contributed by atoms with E-state index in [9.17, 15) is 9.90 Å². The monoisotopic (exact) mass is 316 g/mol. The Morgan fingerprint density at radius 1 is 1.09 bits per heavy atom. The molecule has 2 aliphatic carbocycles. The Hall–Kier alpha value is -1.55. The van der Waals surface area contributed by atoms with E-state index in [0.29, 0.717) is 6.54 Å². The normalized spacial score (nSPS) is 26.7. The lowest BCUT2D eigenvalue weighted by Gasteiger charge is -2.31. The van der Waals surface area contributed by atoms with Crippen LogP contribution in [0.1, 0.15) is 56.9 Å². The molecule has 3 rings (SSSR count). The van der Waals surface area contributed by atoms with E-state index < -0.39 is 0 Å². The lowest BCUT2D eigenvalue weighted by molar-refractivity contribution is 0.117. The van der Waals surface area contributed by atoms with E-state index in [2.05, 4.69) is 34.9 Å². The molecule has 2 aliphatic rings. The van der Waals surface area contributed by atoms with Crippen LogP contribution in [0.2, 0.25) is 0 Å². The van der Waals surface area contributed by atoms with Crippen LogP contribution < -0.4 is 10.6 Å². The minimum atomic E-state index is -0.184. The molecular formula is C19H28N2O2. The molecule has 4 nitrogen and oxygen atoms in total. The third-order valence-corrected chi connectivity index (χ3v) is 5.57. The van der Waals surface area contributed by atoms with Crippen LogP contribution in [0.15, 0.2) is 30.3 Å². The number of aliphatic hydroxyl groups excluding tert-OH is 1. The summed E-state index contributed by atoms with van der Waals surface area (Å²) in [7, 11) is 0. The van der Waals surface area contributed by atoms with Crippen molar-refractivity contribution in [2.45, 2.75) is 68.9 Å². The van der Waals surface area contributed by atoms with Gasteiger partial charge in [0.05, 0.1) is 6.10 Å². The molecule has 0 radical (unpaired) electrons. The highest BCUT2D eigenvalue weighted by molar-refractivity contribution is 5.74. The van der Waals surface area contributed by atoms with E-state index in [1.807, 2.05) is 6.07 Å². The van der Waals surface area contributed by atoms with Crippen molar-refractivity contribution in [3.8, 4) is 0 Å². The SMILES string of the molecule is O=C(NCC1(c2ccccc2)CCCC1)NC1CCC(O)CC1. The lowest BCUT2D eigenvalue weighted by atomic mass is 9.79. The Labute approximate surface area is 138 Å². The molecule has 0 unspecified atom stereocenters. The molecule has 0 heterocycles. The highest BCUT2D eigenvalue weighted by atomic mass is 16.3. The maximum absolute atomic E-state index is 12.2. The number of urea groups is 1. The second-order valence-corrected chi connectivity index (χ2v) is 7.19. The second kappa shape index (κ2) is 7.35. The fourth-order valence-corrected chi connectivity index (χ4v) is 4.12. The minimum Gasteiger partial charge on any atom is -0.393 e. The largest absolute Gasteiger partial charge is 0.393 e. The van der Waals surface area contributed by atoms with Crippen molar-refractivity contribution in [1.29, 1.82) is 0 Å². The molecule has 0 saturated heterocycles. The van der Waals surface area contributed by atoms with Gasteiger partial charge in [-0.1, -0.05) is 43.2 Å². The van der Waals surface area contributed by atoms with Crippen LogP contribution in [-0.2, 0) is 5.41 Å². The van der Waals surface area contributed by atoms with Gasteiger partial charge in [-0.15, -0.1) is 0 Å². The summed E-state index contributed by atoms with van der Waals surface area (Å²) >= 11 is 0. The molecular weight excluding hydrogens is 288 g/mol. The van der Waals surface area contributed by atoms with Gasteiger partial charge < -0.3 is 15.7 Å². The summed E-state index contributed by atoms with van der Waals surface area (Å²) in [5.41, 5.74) is 1.44. The number of amides is 2. The van der Waals surface area contributed by atoms with Crippen molar-refractivity contribution in [3.63, 3.8) is 0 Å². The van der Waals surface area contributed by atoms with Crippen LogP contribution in [0, 0.1) is 0 Å². The molecule has 0 spiro atoms. The molecule has 126 valence electrons. The van der Waals surface area contributed by atoms with Gasteiger partial charge in [-0.25, -0.2) is 4.79 Å². The number of carbonyl (C=O) groups is 1. The Morgan fingerprint density at radius 3 is 2.39 bits per heavy atom. The third-order valence-electron chi connectivity index (χ3n) is 5.57. The summed E-state index contributed by atoms with van der Waals surface area (Å²) in [5.74, 6) is 0. The van der Waals surface area contributed by atoms with Gasteiger partial charge in [-0.05, 0) is 44.1 Å². The molecule has 1 aromatic carbocycles. The number of hydrogen-bond acceptors (Lipinski definition) is 2. The standard InChI is InChI=1S/C19H28N2O2/c22-17-10-8-16(9-11-17)21-18(23)20-14-19(12-4-5-13-19)15-6-2-1-3-7-15/h1-3,6-7,16-17,22H,4-5,8-14H2,(H2,20,21,23). The van der Waals surface area contributed by atoms with Gasteiger partial charge in [-0.3, -0.25) is 0 Å². The third kappa shape index (κ3) is 4.05. The van der Waals surface area contributed by atoms with Gasteiger partial charge >= 0.3 is 6.03 Å². The average molecular weight is 316 g/mol. The van der Waals surface area contributed by atoms with E-state index in [4.69, 9.17) is 0 Å². The number of nitrogens with one attached hydrogen (secondary N) is 2. The molecule has 1 aromatic rings. The highest BCUT2D eigenvalue weighted by Crippen LogP contribution is 2.40. The van der Waals surface area contributed by atoms with E-state index in [0.717, 1.165) is 38.5 Å². The predicted molar refractivity (Wildman–Crippen MR) is 91.4 cm³/mol. The Balaban J connectivity index is 1.54. The molecule has 0 aliphatic heterocycles. The number of aliphatic hydroxyl groups is 1. The molecule has 3 N–H and O–H groups in total. The second-order valence-electron chi connectivity index (χ2n) is 7.19. The first-order valence-corrected chi connectivity index (χ1v) is 8.96. The summed E-state index contributed by atoms with van der Waals surface area (Å²) in [5, 5.41) is 15.7. The Morgan fingerprint density at radius 2 is 1.74 bits per heavy atom. The molecule has 4 heteroatoms. The van der Waals surface area contributed by atoms with Gasteiger partial charge in [0.15, 0.2) is 0 Å². The van der Waals surface area contributed by atoms with Crippen molar-refractivity contribution in [3.05, 3.63) is 35.9 Å². The summed E-state index contributed by atoms with van der Waals surface area (Å²) in [6, 6.07) is 10.7. The van der Waals surface area contributed by atoms with Gasteiger partial charge in [-0.2, -0.15) is 0 Å². The van der Waals surface area contributed by atoms with Crippen molar-refractivity contribution >= 4 is 6.03 Å². The van der Waals surface area contributed by atoms with Gasteiger partial charge in [0, 0.05) is 18.0 Å². The smallest absolute Gasteiger partial charge is 0.315 e. The fraction of sp³-hybridized carbons (Fsp3) is 0.632. The minimum absolute atomic E-state index is 0.0615. The average Bonchev–Trinajstić information content (AvgIpc) is 3.06. The molecule has 0 atom stereocenters. The Kier molecular flexibility index (Phi) is 5.21. The molecule has 23 heavy (non-hydrogen) atoms. The number of rotatable bonds is 4. The van der Waals surface area contributed by atoms with Crippen LogP contribution in [0.5, 0.6) is 0 Å². The molecule has 2 fully saturated rings. The Bertz CT molecular complexity index is 503. The predicted octanol–water partition coefficient (Wildman–Crippen LogP) is 3.10. The van der Waals surface area contributed by atoms with Crippen LogP contribution >= 0.6 is 0 Å². The van der Waals surface area contributed by atoms with E-state index in [1.54, 1.807) is 0 Å². The number of carbonyl (C=O) groups excluding carboxylic acids is 1. The van der Waals surface area contributed by atoms with Crippen LogP contribution in [0.4, 0.5) is 4.79 Å². The molecule has 0 aromatic heterocycles. The van der Waals surface area contributed by atoms with Crippen molar-refractivity contribution in [1.82, 2.24) is 10.6 Å². The molecule has 2 amide bonds. The van der Waals surface area contributed by atoms with Gasteiger partial charge in [0.25, 0.3) is 0 Å². The first-order valence-electron chi connectivity index (χ1n) is 8.96. The quantitative estimate of drug-likeness (QED) is 0.799. The van der Waals surface area contributed by atoms with E-state index >= 15 is 0 Å². The number of hydrogen-bond donors (Lipinski definition) is 3. The lowest BCUT2D eigenvalue weighted by Crippen LogP contribution is -2.48. The fourth-order valence-electron chi connectivity index (χ4n) is 4.12. The first kappa shape index (κ1) is 16.3. The summed E-state index contributed by atoms with van der Waals surface area (Å²) in [4.78, 5) is 12.2. The van der Waals surface area contributed by atoms with Crippen molar-refractivity contribution < 1.29 is 9.90 Å². The highest BCUT2D eigenvalue weighted by Gasteiger charge is 2.35. The van der Waals surface area contributed by atoms with Crippen molar-refractivity contribution in [2.24, 2.45) is 0 Å².